The lowest BCUT2D eigenvalue weighted by Crippen LogP contribution is -2.12. The number of hydrazine groups is 1. The van der Waals surface area contributed by atoms with Crippen molar-refractivity contribution in [1.82, 2.24) is 9.97 Å². The van der Waals surface area contributed by atoms with E-state index in [1.807, 2.05) is 19.1 Å². The van der Waals surface area contributed by atoms with E-state index in [4.69, 9.17) is 10.6 Å². The normalized spacial score (nSPS) is 10.8. The van der Waals surface area contributed by atoms with Gasteiger partial charge in [0.05, 0.1) is 5.56 Å². The van der Waals surface area contributed by atoms with Gasteiger partial charge < -0.3 is 10.2 Å². The molecular weight excluding hydrogens is 332 g/mol. The highest BCUT2D eigenvalue weighted by molar-refractivity contribution is 9.10. The first kappa shape index (κ1) is 15.7. The summed E-state index contributed by atoms with van der Waals surface area (Å²) in [5, 5.41) is 0. The van der Waals surface area contributed by atoms with Crippen LogP contribution in [0.3, 0.4) is 0 Å². The number of nitrogens with two attached hydrogens (primary N) is 1. The average molecular weight is 351 g/mol. The summed E-state index contributed by atoms with van der Waals surface area (Å²) in [6.45, 7) is 7.93. The zero-order valence-corrected chi connectivity index (χ0v) is 14.2. The van der Waals surface area contributed by atoms with E-state index in [0.717, 1.165) is 21.3 Å². The first-order chi connectivity index (χ1) is 9.92. The van der Waals surface area contributed by atoms with E-state index in [1.165, 1.54) is 0 Å². The fraction of sp³-hybridized carbons (Fsp3) is 0.333. The topological polar surface area (TPSA) is 73.1 Å². The Hall–Kier alpha value is -1.66. The molecule has 1 heterocycles. The van der Waals surface area contributed by atoms with Crippen LogP contribution in [-0.4, -0.2) is 9.97 Å². The summed E-state index contributed by atoms with van der Waals surface area (Å²) in [6, 6.07) is 5.95. The van der Waals surface area contributed by atoms with Crippen LogP contribution in [-0.2, 0) is 0 Å². The molecule has 0 spiro atoms. The summed E-state index contributed by atoms with van der Waals surface area (Å²) in [5.74, 6) is 8.29. The van der Waals surface area contributed by atoms with Crippen molar-refractivity contribution < 1.29 is 4.74 Å². The molecule has 6 heteroatoms. The molecule has 0 atom stereocenters. The lowest BCUT2D eigenvalue weighted by molar-refractivity contribution is 0.448. The number of halogens is 1. The maximum absolute atomic E-state index is 6.01. The van der Waals surface area contributed by atoms with Crippen LogP contribution in [0, 0.1) is 13.8 Å². The lowest BCUT2D eigenvalue weighted by Gasteiger charge is -2.16. The maximum atomic E-state index is 6.01. The van der Waals surface area contributed by atoms with Crippen LogP contribution >= 0.6 is 15.9 Å². The molecule has 2 aromatic rings. The van der Waals surface area contributed by atoms with Gasteiger partial charge in [0.2, 0.25) is 5.88 Å². The number of aromatic nitrogens is 2. The van der Waals surface area contributed by atoms with Gasteiger partial charge in [0, 0.05) is 4.47 Å². The molecule has 1 aromatic heterocycles. The van der Waals surface area contributed by atoms with Crippen LogP contribution < -0.4 is 16.0 Å². The first-order valence-corrected chi connectivity index (χ1v) is 7.50. The molecule has 112 valence electrons. The van der Waals surface area contributed by atoms with Crippen LogP contribution in [0.15, 0.2) is 22.7 Å². The molecular formula is C15H19BrN4O. The first-order valence-electron chi connectivity index (χ1n) is 6.71. The number of benzene rings is 1. The van der Waals surface area contributed by atoms with E-state index in [9.17, 15) is 0 Å². The van der Waals surface area contributed by atoms with Crippen LogP contribution in [0.2, 0.25) is 0 Å². The van der Waals surface area contributed by atoms with E-state index in [1.54, 1.807) is 6.92 Å². The van der Waals surface area contributed by atoms with Crippen LogP contribution in [0.5, 0.6) is 11.6 Å². The smallest absolute Gasteiger partial charge is 0.227 e. The molecule has 0 amide bonds. The molecule has 5 nitrogen and oxygen atoms in total. The highest BCUT2D eigenvalue weighted by atomic mass is 79.9. The third-order valence-electron chi connectivity index (χ3n) is 3.15. The van der Waals surface area contributed by atoms with Gasteiger partial charge in [-0.25, -0.2) is 10.8 Å². The average Bonchev–Trinajstić information content (AvgIpc) is 2.44. The Morgan fingerprint density at radius 3 is 2.57 bits per heavy atom. The molecule has 0 aliphatic carbocycles. The number of hydrogen-bond acceptors (Lipinski definition) is 5. The van der Waals surface area contributed by atoms with Gasteiger partial charge in [0.25, 0.3) is 0 Å². The number of ether oxygens (including phenoxy) is 1. The van der Waals surface area contributed by atoms with Crippen molar-refractivity contribution in [1.29, 1.82) is 0 Å². The molecule has 0 unspecified atom stereocenters. The fourth-order valence-electron chi connectivity index (χ4n) is 2.01. The van der Waals surface area contributed by atoms with Crippen molar-refractivity contribution >= 4 is 21.7 Å². The summed E-state index contributed by atoms with van der Waals surface area (Å²) in [7, 11) is 0. The second-order valence-electron chi connectivity index (χ2n) is 5.13. The van der Waals surface area contributed by atoms with Gasteiger partial charge in [0.1, 0.15) is 17.4 Å². The molecule has 0 saturated carbocycles. The van der Waals surface area contributed by atoms with Crippen LogP contribution in [0.1, 0.15) is 36.7 Å². The Labute approximate surface area is 133 Å². The molecule has 0 bridgehead atoms. The Morgan fingerprint density at radius 1 is 1.24 bits per heavy atom. The summed E-state index contributed by atoms with van der Waals surface area (Å²) in [6.07, 6.45) is 0. The predicted molar refractivity (Wildman–Crippen MR) is 87.6 cm³/mol. The largest absolute Gasteiger partial charge is 0.438 e. The van der Waals surface area contributed by atoms with Gasteiger partial charge in [-0.05, 0) is 43.5 Å². The molecule has 21 heavy (non-hydrogen) atoms. The molecule has 0 radical (unpaired) electrons. The zero-order chi connectivity index (χ0) is 15.6. The van der Waals surface area contributed by atoms with Gasteiger partial charge in [-0.1, -0.05) is 29.8 Å². The third-order valence-corrected chi connectivity index (χ3v) is 3.64. The van der Waals surface area contributed by atoms with E-state index in [-0.39, 0.29) is 0 Å². The van der Waals surface area contributed by atoms with Crippen molar-refractivity contribution in [2.45, 2.75) is 33.6 Å². The maximum Gasteiger partial charge on any atom is 0.227 e. The van der Waals surface area contributed by atoms with Crippen molar-refractivity contribution in [2.75, 3.05) is 5.43 Å². The molecule has 0 aliphatic rings. The second kappa shape index (κ2) is 6.41. The standard InChI is InChI=1S/C15H19BrN4O/c1-8(2)12-7-11(16)5-6-13(12)21-15-9(3)14(20-17)18-10(4)19-15/h5-8H,17H2,1-4H3,(H,18,19,20). The van der Waals surface area contributed by atoms with Crippen molar-refractivity contribution in [3.63, 3.8) is 0 Å². The summed E-state index contributed by atoms with van der Waals surface area (Å²) in [5.41, 5.74) is 4.46. The van der Waals surface area contributed by atoms with E-state index in [0.29, 0.717) is 23.4 Å². The Kier molecular flexibility index (Phi) is 4.80. The van der Waals surface area contributed by atoms with Gasteiger partial charge in [-0.15, -0.1) is 0 Å². The Morgan fingerprint density at radius 2 is 1.95 bits per heavy atom. The van der Waals surface area contributed by atoms with Gasteiger partial charge >= 0.3 is 0 Å². The van der Waals surface area contributed by atoms with Gasteiger partial charge in [-0.2, -0.15) is 4.98 Å². The van der Waals surface area contributed by atoms with Crippen molar-refractivity contribution in [3.05, 3.63) is 39.6 Å². The summed E-state index contributed by atoms with van der Waals surface area (Å²) < 4.78 is 7.04. The van der Waals surface area contributed by atoms with Gasteiger partial charge in [-0.3, -0.25) is 0 Å². The van der Waals surface area contributed by atoms with Gasteiger partial charge in [0.15, 0.2) is 0 Å². The number of anilines is 1. The summed E-state index contributed by atoms with van der Waals surface area (Å²) in [4.78, 5) is 8.59. The molecule has 3 N–H and O–H groups in total. The molecule has 0 aliphatic heterocycles. The van der Waals surface area contributed by atoms with Crippen LogP contribution in [0.4, 0.5) is 5.82 Å². The molecule has 2 rings (SSSR count). The Balaban J connectivity index is 2.45. The number of nitrogens with one attached hydrogen (secondary N) is 1. The van der Waals surface area contributed by atoms with Crippen molar-refractivity contribution in [2.24, 2.45) is 5.84 Å². The Bertz CT molecular complexity index is 658. The molecule has 0 fully saturated rings. The lowest BCUT2D eigenvalue weighted by atomic mass is 10.0. The second-order valence-corrected chi connectivity index (χ2v) is 6.05. The number of hydrogen-bond donors (Lipinski definition) is 2. The number of aryl methyl sites for hydroxylation is 1. The van der Waals surface area contributed by atoms with Crippen molar-refractivity contribution in [3.8, 4) is 11.6 Å². The van der Waals surface area contributed by atoms with E-state index >= 15 is 0 Å². The number of nitrogen functional groups attached to an aromatic ring is 1. The monoisotopic (exact) mass is 350 g/mol. The minimum absolute atomic E-state index is 0.341. The molecule has 1 aromatic carbocycles. The quantitative estimate of drug-likeness (QED) is 0.642. The fourth-order valence-corrected chi connectivity index (χ4v) is 2.39. The van der Waals surface area contributed by atoms with E-state index < -0.39 is 0 Å². The number of nitrogens with zero attached hydrogens (tertiary/aromatic N) is 2. The minimum atomic E-state index is 0.341. The van der Waals surface area contributed by atoms with Crippen LogP contribution in [0.25, 0.3) is 0 Å². The minimum Gasteiger partial charge on any atom is -0.438 e. The predicted octanol–water partition coefficient (Wildman–Crippen LogP) is 4.06. The molecule has 0 saturated heterocycles. The zero-order valence-electron chi connectivity index (χ0n) is 12.6. The SMILES string of the molecule is Cc1nc(NN)c(C)c(Oc2ccc(Br)cc2C(C)C)n1. The third kappa shape index (κ3) is 3.51. The highest BCUT2D eigenvalue weighted by Gasteiger charge is 2.14. The van der Waals surface area contributed by atoms with E-state index in [2.05, 4.69) is 51.2 Å². The highest BCUT2D eigenvalue weighted by Crippen LogP contribution is 2.34. The summed E-state index contributed by atoms with van der Waals surface area (Å²) >= 11 is 3.49. The number of rotatable bonds is 4.